The molecule has 1 fully saturated rings. The summed E-state index contributed by atoms with van der Waals surface area (Å²) in [7, 11) is 1.57. The van der Waals surface area contributed by atoms with E-state index in [9.17, 15) is 4.79 Å². The number of pyridine rings is 1. The van der Waals surface area contributed by atoms with Gasteiger partial charge in [0, 0.05) is 24.8 Å². The molecule has 126 valence electrons. The second-order valence-electron chi connectivity index (χ2n) is 6.65. The van der Waals surface area contributed by atoms with Gasteiger partial charge >= 0.3 is 0 Å². The van der Waals surface area contributed by atoms with Gasteiger partial charge in [-0.3, -0.25) is 4.79 Å². The lowest BCUT2D eigenvalue weighted by Gasteiger charge is -2.23. The van der Waals surface area contributed by atoms with Crippen molar-refractivity contribution >= 4 is 5.91 Å². The van der Waals surface area contributed by atoms with Crippen LogP contribution in [0, 0.1) is 0 Å². The summed E-state index contributed by atoms with van der Waals surface area (Å²) >= 11 is 0. The number of aromatic nitrogens is 1. The molecule has 1 aliphatic carbocycles. The molecule has 4 nitrogen and oxygen atoms in total. The summed E-state index contributed by atoms with van der Waals surface area (Å²) in [5, 5.41) is 0. The Labute approximate surface area is 143 Å². The highest BCUT2D eigenvalue weighted by atomic mass is 16.5. The van der Waals surface area contributed by atoms with Gasteiger partial charge in [-0.1, -0.05) is 38.1 Å². The smallest absolute Gasteiger partial charge is 0.255 e. The predicted molar refractivity (Wildman–Crippen MR) is 94.2 cm³/mol. The van der Waals surface area contributed by atoms with Crippen molar-refractivity contribution in [2.45, 2.75) is 45.2 Å². The summed E-state index contributed by atoms with van der Waals surface area (Å²) < 4.78 is 5.06. The number of benzene rings is 1. The SMILES string of the molecule is COc1ccc(C(=O)N(Cc2ccc(C(C)C)cc2)C2CC2)cn1. The maximum atomic E-state index is 12.9. The van der Waals surface area contributed by atoms with Gasteiger partial charge in [0.25, 0.3) is 5.91 Å². The normalized spacial score (nSPS) is 13.8. The van der Waals surface area contributed by atoms with Crippen molar-refractivity contribution in [2.75, 3.05) is 7.11 Å². The van der Waals surface area contributed by atoms with Crippen molar-refractivity contribution in [3.63, 3.8) is 0 Å². The highest BCUT2D eigenvalue weighted by molar-refractivity contribution is 5.94. The Bertz CT molecular complexity index is 689. The van der Waals surface area contributed by atoms with Crippen LogP contribution in [0.5, 0.6) is 5.88 Å². The Morgan fingerprint density at radius 3 is 2.42 bits per heavy atom. The van der Waals surface area contributed by atoms with E-state index in [1.54, 1.807) is 25.4 Å². The predicted octanol–water partition coefficient (Wildman–Crippen LogP) is 4.02. The maximum Gasteiger partial charge on any atom is 0.255 e. The van der Waals surface area contributed by atoms with Crippen LogP contribution in [-0.2, 0) is 6.54 Å². The lowest BCUT2D eigenvalue weighted by Crippen LogP contribution is -2.32. The molecule has 0 unspecified atom stereocenters. The number of hydrogen-bond acceptors (Lipinski definition) is 3. The Kier molecular flexibility index (Phi) is 4.84. The first-order valence-electron chi connectivity index (χ1n) is 8.48. The van der Waals surface area contributed by atoms with Gasteiger partial charge in [0.2, 0.25) is 5.88 Å². The Hall–Kier alpha value is -2.36. The van der Waals surface area contributed by atoms with E-state index in [0.29, 0.717) is 29.9 Å². The molecule has 1 amide bonds. The zero-order valence-corrected chi connectivity index (χ0v) is 14.5. The van der Waals surface area contributed by atoms with E-state index in [4.69, 9.17) is 4.74 Å². The van der Waals surface area contributed by atoms with Crippen molar-refractivity contribution in [3.05, 3.63) is 59.3 Å². The molecule has 2 aromatic rings. The standard InChI is InChI=1S/C20H24N2O2/c1-14(2)16-6-4-15(5-7-16)13-22(18-9-10-18)20(23)17-8-11-19(24-3)21-12-17/h4-8,11-12,14,18H,9-10,13H2,1-3H3. The van der Waals surface area contributed by atoms with Crippen molar-refractivity contribution < 1.29 is 9.53 Å². The van der Waals surface area contributed by atoms with Gasteiger partial charge in [-0.25, -0.2) is 4.98 Å². The van der Waals surface area contributed by atoms with Crippen molar-refractivity contribution in [3.8, 4) is 5.88 Å². The molecule has 3 rings (SSSR count). The number of hydrogen-bond donors (Lipinski definition) is 0. The quantitative estimate of drug-likeness (QED) is 0.806. The Morgan fingerprint density at radius 1 is 1.21 bits per heavy atom. The minimum atomic E-state index is 0.0422. The molecule has 0 spiro atoms. The average Bonchev–Trinajstić information content (AvgIpc) is 3.44. The van der Waals surface area contributed by atoms with Crippen molar-refractivity contribution in [1.82, 2.24) is 9.88 Å². The van der Waals surface area contributed by atoms with Crippen LogP contribution in [0.25, 0.3) is 0 Å². The Morgan fingerprint density at radius 2 is 1.92 bits per heavy atom. The molecular weight excluding hydrogens is 300 g/mol. The summed E-state index contributed by atoms with van der Waals surface area (Å²) in [6.45, 7) is 5.02. The van der Waals surface area contributed by atoms with Crippen LogP contribution in [-0.4, -0.2) is 28.9 Å². The summed E-state index contributed by atoms with van der Waals surface area (Å²) in [4.78, 5) is 19.0. The number of rotatable bonds is 6. The van der Waals surface area contributed by atoms with Gasteiger partial charge < -0.3 is 9.64 Å². The molecule has 1 aromatic heterocycles. The maximum absolute atomic E-state index is 12.9. The van der Waals surface area contributed by atoms with Gasteiger partial charge in [0.15, 0.2) is 0 Å². The first-order valence-corrected chi connectivity index (χ1v) is 8.48. The van der Waals surface area contributed by atoms with Crippen LogP contribution < -0.4 is 4.74 Å². The molecule has 24 heavy (non-hydrogen) atoms. The summed E-state index contributed by atoms with van der Waals surface area (Å²) in [5.41, 5.74) is 3.10. The van der Waals surface area contributed by atoms with Crippen molar-refractivity contribution in [1.29, 1.82) is 0 Å². The lowest BCUT2D eigenvalue weighted by molar-refractivity contribution is 0.0729. The number of carbonyl (C=O) groups is 1. The molecule has 1 heterocycles. The zero-order chi connectivity index (χ0) is 17.1. The molecule has 0 aliphatic heterocycles. The first kappa shape index (κ1) is 16.5. The van der Waals surface area contributed by atoms with E-state index in [1.165, 1.54) is 11.1 Å². The van der Waals surface area contributed by atoms with Crippen LogP contribution in [0.4, 0.5) is 0 Å². The molecule has 0 saturated heterocycles. The minimum absolute atomic E-state index is 0.0422. The van der Waals surface area contributed by atoms with E-state index >= 15 is 0 Å². The number of amides is 1. The fraction of sp³-hybridized carbons (Fsp3) is 0.400. The van der Waals surface area contributed by atoms with Crippen LogP contribution >= 0.6 is 0 Å². The number of methoxy groups -OCH3 is 1. The van der Waals surface area contributed by atoms with Crippen LogP contribution in [0.2, 0.25) is 0 Å². The summed E-state index contributed by atoms with van der Waals surface area (Å²) in [6.07, 6.45) is 3.76. The largest absolute Gasteiger partial charge is 0.481 e. The van der Waals surface area contributed by atoms with Crippen LogP contribution in [0.15, 0.2) is 42.6 Å². The number of carbonyl (C=O) groups excluding carboxylic acids is 1. The first-order chi connectivity index (χ1) is 11.6. The number of nitrogens with zero attached hydrogens (tertiary/aromatic N) is 2. The topological polar surface area (TPSA) is 42.4 Å². The highest BCUT2D eigenvalue weighted by Gasteiger charge is 2.33. The van der Waals surface area contributed by atoms with Crippen molar-refractivity contribution in [2.24, 2.45) is 0 Å². The fourth-order valence-corrected chi connectivity index (χ4v) is 2.75. The van der Waals surface area contributed by atoms with Gasteiger partial charge in [-0.15, -0.1) is 0 Å². The van der Waals surface area contributed by atoms with E-state index in [2.05, 4.69) is 43.1 Å². The fourth-order valence-electron chi connectivity index (χ4n) is 2.75. The van der Waals surface area contributed by atoms with Gasteiger partial charge in [0.05, 0.1) is 12.7 Å². The van der Waals surface area contributed by atoms with Gasteiger partial charge in [-0.05, 0) is 36.0 Å². The molecule has 0 atom stereocenters. The molecule has 1 aromatic carbocycles. The van der Waals surface area contributed by atoms with E-state index in [0.717, 1.165) is 12.8 Å². The van der Waals surface area contributed by atoms with E-state index in [1.807, 2.05) is 4.90 Å². The van der Waals surface area contributed by atoms with E-state index < -0.39 is 0 Å². The molecule has 1 aliphatic rings. The third-order valence-electron chi connectivity index (χ3n) is 4.44. The Balaban J connectivity index is 1.75. The van der Waals surface area contributed by atoms with E-state index in [-0.39, 0.29) is 5.91 Å². The highest BCUT2D eigenvalue weighted by Crippen LogP contribution is 2.30. The monoisotopic (exact) mass is 324 g/mol. The molecular formula is C20H24N2O2. The minimum Gasteiger partial charge on any atom is -0.481 e. The second-order valence-corrected chi connectivity index (χ2v) is 6.65. The van der Waals surface area contributed by atoms with Gasteiger partial charge in [-0.2, -0.15) is 0 Å². The third-order valence-corrected chi connectivity index (χ3v) is 4.44. The molecule has 0 radical (unpaired) electrons. The molecule has 4 heteroatoms. The number of ether oxygens (including phenoxy) is 1. The van der Waals surface area contributed by atoms with Gasteiger partial charge in [0.1, 0.15) is 0 Å². The van der Waals surface area contributed by atoms with Crippen LogP contribution in [0.1, 0.15) is 54.1 Å². The average molecular weight is 324 g/mol. The molecule has 1 saturated carbocycles. The second kappa shape index (κ2) is 7.04. The summed E-state index contributed by atoms with van der Waals surface area (Å²) in [6, 6.07) is 12.4. The zero-order valence-electron chi connectivity index (χ0n) is 14.5. The third kappa shape index (κ3) is 3.75. The molecule has 0 N–H and O–H groups in total. The summed E-state index contributed by atoms with van der Waals surface area (Å²) in [5.74, 6) is 1.08. The molecule has 0 bridgehead atoms. The van der Waals surface area contributed by atoms with Crippen LogP contribution in [0.3, 0.4) is 0 Å². The lowest BCUT2D eigenvalue weighted by atomic mass is 10.0.